The molecule has 0 N–H and O–H groups in total. The summed E-state index contributed by atoms with van der Waals surface area (Å²) < 4.78 is 46.5. The number of halogens is 1. The highest BCUT2D eigenvalue weighted by Gasteiger charge is 2.25. The molecule has 0 radical (unpaired) electrons. The van der Waals surface area contributed by atoms with Crippen LogP contribution in [0.25, 0.3) is 11.1 Å². The lowest BCUT2D eigenvalue weighted by Crippen LogP contribution is -2.27. The Morgan fingerprint density at radius 3 is 1.74 bits per heavy atom. The quantitative estimate of drug-likeness (QED) is 0.0675. The number of carbonyl (C=O) groups excluding carboxylic acids is 2. The van der Waals surface area contributed by atoms with Crippen LogP contribution in [-0.4, -0.2) is 64.4 Å². The molecule has 2 atom stereocenters. The van der Waals surface area contributed by atoms with Crippen LogP contribution >= 0.6 is 0 Å². The first kappa shape index (κ1) is 33.5. The van der Waals surface area contributed by atoms with Crippen molar-refractivity contribution >= 4 is 11.9 Å². The molecule has 9 heteroatoms. The number of hydrogen-bond acceptors (Lipinski definition) is 8. The van der Waals surface area contributed by atoms with Crippen molar-refractivity contribution in [2.24, 2.45) is 5.92 Å². The fourth-order valence-corrected chi connectivity index (χ4v) is 3.72. The van der Waals surface area contributed by atoms with E-state index in [1.165, 1.54) is 0 Å². The molecule has 0 heterocycles. The van der Waals surface area contributed by atoms with Crippen LogP contribution in [0, 0.1) is 5.92 Å². The molecule has 3 aromatic carbocycles. The maximum absolute atomic E-state index is 14.1. The van der Waals surface area contributed by atoms with Crippen molar-refractivity contribution in [3.05, 3.63) is 91.0 Å². The minimum absolute atomic E-state index is 0.276. The van der Waals surface area contributed by atoms with Crippen molar-refractivity contribution in [2.75, 3.05) is 46.2 Å². The molecule has 43 heavy (non-hydrogen) atoms. The molecule has 0 aliphatic heterocycles. The number of esters is 2. The Morgan fingerprint density at radius 1 is 0.721 bits per heavy atom. The van der Waals surface area contributed by atoms with E-state index in [1.54, 1.807) is 73.7 Å². The number of alkyl halides is 1. The molecule has 3 rings (SSSR count). The third kappa shape index (κ3) is 11.6. The number of carbonyl (C=O) groups is 2. The van der Waals surface area contributed by atoms with E-state index < -0.39 is 24.0 Å². The second-order valence-electron chi connectivity index (χ2n) is 9.61. The first-order valence-corrected chi connectivity index (χ1v) is 14.3. The summed E-state index contributed by atoms with van der Waals surface area (Å²) in [6.45, 7) is 10.3. The molecule has 0 spiro atoms. The molecule has 3 aromatic rings. The maximum atomic E-state index is 14.1. The van der Waals surface area contributed by atoms with Crippen molar-refractivity contribution in [1.82, 2.24) is 0 Å². The zero-order chi connectivity index (χ0) is 30.9. The molecular weight excluding hydrogens is 555 g/mol. The van der Waals surface area contributed by atoms with Crippen LogP contribution in [0.2, 0.25) is 0 Å². The van der Waals surface area contributed by atoms with E-state index in [1.807, 2.05) is 19.1 Å². The molecule has 230 valence electrons. The van der Waals surface area contributed by atoms with Crippen molar-refractivity contribution in [3.8, 4) is 28.4 Å². The molecule has 0 aliphatic carbocycles. The number of rotatable bonds is 19. The zero-order valence-electron chi connectivity index (χ0n) is 24.7. The van der Waals surface area contributed by atoms with Gasteiger partial charge in [-0.05, 0) is 65.6 Å². The molecule has 0 bridgehead atoms. The van der Waals surface area contributed by atoms with Gasteiger partial charge in [-0.25, -0.2) is 14.0 Å². The Bertz CT molecular complexity index is 1260. The highest BCUT2D eigenvalue weighted by atomic mass is 19.1. The van der Waals surface area contributed by atoms with Crippen molar-refractivity contribution in [2.45, 2.75) is 26.4 Å². The van der Waals surface area contributed by atoms with Gasteiger partial charge in [0.05, 0.1) is 45.2 Å². The smallest absolute Gasteiger partial charge is 0.346 e. The molecule has 0 saturated heterocycles. The van der Waals surface area contributed by atoms with Gasteiger partial charge in [0, 0.05) is 0 Å². The summed E-state index contributed by atoms with van der Waals surface area (Å²) in [7, 11) is 0. The van der Waals surface area contributed by atoms with Crippen LogP contribution in [0.4, 0.5) is 4.39 Å². The third-order valence-electron chi connectivity index (χ3n) is 6.41. The van der Waals surface area contributed by atoms with Gasteiger partial charge in [0.15, 0.2) is 6.17 Å². The van der Waals surface area contributed by atoms with Crippen molar-refractivity contribution in [1.29, 1.82) is 0 Å². The van der Waals surface area contributed by atoms with Gasteiger partial charge in [-0.3, -0.25) is 0 Å². The van der Waals surface area contributed by atoms with Crippen LogP contribution in [0.1, 0.15) is 30.6 Å². The summed E-state index contributed by atoms with van der Waals surface area (Å²) in [5.41, 5.74) is 2.11. The Labute approximate surface area is 252 Å². The average Bonchev–Trinajstić information content (AvgIpc) is 3.04. The Balaban J connectivity index is 1.38. The minimum atomic E-state index is -1.66. The fraction of sp³-hybridized carbons (Fsp3) is 0.353. The lowest BCUT2D eigenvalue weighted by Gasteiger charge is -2.13. The molecule has 0 unspecified atom stereocenters. The Hall–Kier alpha value is -4.05. The fourth-order valence-electron chi connectivity index (χ4n) is 3.72. The standard InChI is InChI=1S/C34H39FO8/c1-4-18-38-19-20-39-21-22-40-23-24-41-29-12-10-28(11-13-29)33(36)42-30-14-6-26(7-15-30)27-8-16-31(17-9-27)43-34(37)32(35)25(3)5-2/h4,6-17,25,32H,1,5,18-24H2,2-3H3/t25-,32-/m0/s1. The summed E-state index contributed by atoms with van der Waals surface area (Å²) in [5.74, 6) is -0.505. The lowest BCUT2D eigenvalue weighted by atomic mass is 10.0. The van der Waals surface area contributed by atoms with E-state index >= 15 is 0 Å². The lowest BCUT2D eigenvalue weighted by molar-refractivity contribution is -0.141. The summed E-state index contributed by atoms with van der Waals surface area (Å²) in [4.78, 5) is 24.6. The van der Waals surface area contributed by atoms with Crippen LogP contribution in [-0.2, 0) is 19.0 Å². The van der Waals surface area contributed by atoms with Gasteiger partial charge in [-0.1, -0.05) is 50.6 Å². The summed E-state index contributed by atoms with van der Waals surface area (Å²) in [5, 5.41) is 0. The minimum Gasteiger partial charge on any atom is -0.491 e. The van der Waals surface area contributed by atoms with Gasteiger partial charge >= 0.3 is 11.9 Å². The largest absolute Gasteiger partial charge is 0.491 e. The Morgan fingerprint density at radius 2 is 1.21 bits per heavy atom. The predicted octanol–water partition coefficient (Wildman–Crippen LogP) is 6.48. The zero-order valence-corrected chi connectivity index (χ0v) is 24.7. The van der Waals surface area contributed by atoms with Gasteiger partial charge in [-0.2, -0.15) is 0 Å². The van der Waals surface area contributed by atoms with Gasteiger partial charge in [0.25, 0.3) is 0 Å². The molecule has 0 aromatic heterocycles. The first-order valence-electron chi connectivity index (χ1n) is 14.3. The van der Waals surface area contributed by atoms with E-state index in [0.717, 1.165) is 11.1 Å². The SMILES string of the molecule is C=CCOCCOCCOCCOc1ccc(C(=O)Oc2ccc(-c3ccc(OC(=O)[C@@H](F)[C@@H](C)CC)cc3)cc2)cc1. The number of ether oxygens (including phenoxy) is 6. The van der Waals surface area contributed by atoms with Crippen molar-refractivity contribution < 1.29 is 42.4 Å². The van der Waals surface area contributed by atoms with Crippen LogP contribution in [0.5, 0.6) is 17.2 Å². The maximum Gasteiger partial charge on any atom is 0.346 e. The first-order chi connectivity index (χ1) is 20.9. The summed E-state index contributed by atoms with van der Waals surface area (Å²) in [6.07, 6.45) is 0.577. The van der Waals surface area contributed by atoms with Gasteiger partial charge in [0.1, 0.15) is 23.9 Å². The second-order valence-corrected chi connectivity index (χ2v) is 9.61. The van der Waals surface area contributed by atoms with E-state index in [4.69, 9.17) is 28.4 Å². The summed E-state index contributed by atoms with van der Waals surface area (Å²) >= 11 is 0. The molecular formula is C34H39FO8. The van der Waals surface area contributed by atoms with E-state index in [9.17, 15) is 14.0 Å². The highest BCUT2D eigenvalue weighted by Crippen LogP contribution is 2.26. The van der Waals surface area contributed by atoms with E-state index in [-0.39, 0.29) is 5.75 Å². The molecule has 0 saturated carbocycles. The molecule has 8 nitrogen and oxygen atoms in total. The van der Waals surface area contributed by atoms with Crippen molar-refractivity contribution in [3.63, 3.8) is 0 Å². The van der Waals surface area contributed by atoms with Gasteiger partial charge < -0.3 is 28.4 Å². The number of hydrogen-bond donors (Lipinski definition) is 0. The molecule has 0 fully saturated rings. The average molecular weight is 595 g/mol. The third-order valence-corrected chi connectivity index (χ3v) is 6.41. The Kier molecular flexibility index (Phi) is 14.4. The molecule has 0 aliphatic rings. The van der Waals surface area contributed by atoms with E-state index in [2.05, 4.69) is 6.58 Å². The normalized spacial score (nSPS) is 12.3. The van der Waals surface area contributed by atoms with Crippen LogP contribution < -0.4 is 14.2 Å². The van der Waals surface area contributed by atoms with Crippen LogP contribution in [0.15, 0.2) is 85.5 Å². The van der Waals surface area contributed by atoms with Crippen LogP contribution in [0.3, 0.4) is 0 Å². The summed E-state index contributed by atoms with van der Waals surface area (Å²) in [6, 6.07) is 20.5. The molecule has 0 amide bonds. The van der Waals surface area contributed by atoms with E-state index in [0.29, 0.717) is 69.7 Å². The van der Waals surface area contributed by atoms with Gasteiger partial charge in [-0.15, -0.1) is 6.58 Å². The second kappa shape index (κ2) is 18.5. The topological polar surface area (TPSA) is 89.5 Å². The highest BCUT2D eigenvalue weighted by molar-refractivity contribution is 5.91. The monoisotopic (exact) mass is 594 g/mol. The predicted molar refractivity (Wildman–Crippen MR) is 161 cm³/mol. The van der Waals surface area contributed by atoms with Gasteiger partial charge in [0.2, 0.25) is 0 Å². The number of benzene rings is 3.